The number of carbonyl (C=O) groups is 4. The van der Waals surface area contributed by atoms with Crippen molar-refractivity contribution >= 4 is 36.3 Å². The first-order chi connectivity index (χ1) is 14.7. The van der Waals surface area contributed by atoms with E-state index in [1.54, 1.807) is 0 Å². The maximum atomic E-state index is 12.4. The molecular weight excluding hydrogens is 426 g/mol. The van der Waals surface area contributed by atoms with Crippen LogP contribution in [-0.4, -0.2) is 75.2 Å². The standard InChI is InChI=1S/C18H31N7O5S/c1-10(15(26)24-13(18(29)30)6-11-7-21-9-22-11)23-17(28)14(8-31)25-16(27)12(20)4-2-3-5-19/h7,9-10,12-14,31H,2-6,8,19-20H2,1H3,(H,21,22)(H,23,28)(H,24,26)(H,25,27)(H,29,30). The Hall–Kier alpha value is -2.64. The Bertz CT molecular complexity index is 731. The molecule has 0 aliphatic heterocycles. The molecule has 4 unspecified atom stereocenters. The molecule has 1 heterocycles. The Labute approximate surface area is 185 Å². The fourth-order valence-corrected chi connectivity index (χ4v) is 2.86. The molecule has 0 spiro atoms. The Balaban J connectivity index is 2.59. The van der Waals surface area contributed by atoms with Crippen molar-refractivity contribution < 1.29 is 24.3 Å². The van der Waals surface area contributed by atoms with E-state index in [9.17, 15) is 24.3 Å². The number of nitrogens with two attached hydrogens (primary N) is 2. The fourth-order valence-electron chi connectivity index (χ4n) is 2.61. The number of nitrogens with zero attached hydrogens (tertiary/aromatic N) is 1. The summed E-state index contributed by atoms with van der Waals surface area (Å²) in [5.41, 5.74) is 11.8. The van der Waals surface area contributed by atoms with Gasteiger partial charge in [0.25, 0.3) is 0 Å². The number of aromatic nitrogens is 2. The highest BCUT2D eigenvalue weighted by atomic mass is 32.1. The Kier molecular flexibility index (Phi) is 11.6. The molecule has 1 rings (SSSR count). The van der Waals surface area contributed by atoms with E-state index in [0.717, 1.165) is 6.42 Å². The molecular formula is C18H31N7O5S. The Morgan fingerprint density at radius 1 is 1.13 bits per heavy atom. The summed E-state index contributed by atoms with van der Waals surface area (Å²) >= 11 is 4.07. The average molecular weight is 458 g/mol. The van der Waals surface area contributed by atoms with Gasteiger partial charge in [0.1, 0.15) is 18.1 Å². The maximum absolute atomic E-state index is 12.4. The first-order valence-electron chi connectivity index (χ1n) is 9.87. The molecule has 4 atom stereocenters. The SMILES string of the molecule is CC(NC(=O)C(CS)NC(=O)C(N)CCCCN)C(=O)NC(Cc1cnc[nH]1)C(=O)O. The number of carboxylic acid groups (broad SMARTS) is 1. The predicted octanol–water partition coefficient (Wildman–Crippen LogP) is -2.10. The van der Waals surface area contributed by atoms with E-state index < -0.39 is 47.9 Å². The number of aliphatic carboxylic acids is 1. The number of hydrogen-bond acceptors (Lipinski definition) is 8. The highest BCUT2D eigenvalue weighted by Crippen LogP contribution is 2.01. The third-order valence-corrected chi connectivity index (χ3v) is 4.83. The fraction of sp³-hybridized carbons (Fsp3) is 0.611. The van der Waals surface area contributed by atoms with Gasteiger partial charge >= 0.3 is 5.97 Å². The smallest absolute Gasteiger partial charge is 0.326 e. The van der Waals surface area contributed by atoms with Crippen molar-refractivity contribution in [2.45, 2.75) is 56.8 Å². The minimum Gasteiger partial charge on any atom is -0.480 e. The van der Waals surface area contributed by atoms with Gasteiger partial charge in [-0.25, -0.2) is 9.78 Å². The van der Waals surface area contributed by atoms with Gasteiger partial charge in [-0.05, 0) is 26.3 Å². The van der Waals surface area contributed by atoms with Crippen LogP contribution in [0.25, 0.3) is 0 Å². The van der Waals surface area contributed by atoms with E-state index >= 15 is 0 Å². The number of carboxylic acids is 1. The molecule has 174 valence electrons. The zero-order chi connectivity index (χ0) is 23.4. The number of carbonyl (C=O) groups excluding carboxylic acids is 3. The minimum atomic E-state index is -1.23. The highest BCUT2D eigenvalue weighted by Gasteiger charge is 2.28. The molecule has 0 saturated carbocycles. The molecule has 0 radical (unpaired) electrons. The van der Waals surface area contributed by atoms with Crippen molar-refractivity contribution in [2.24, 2.45) is 11.5 Å². The van der Waals surface area contributed by atoms with Crippen LogP contribution in [-0.2, 0) is 25.6 Å². The number of thiol groups is 1. The number of rotatable bonds is 14. The van der Waals surface area contributed by atoms with E-state index in [0.29, 0.717) is 25.1 Å². The summed E-state index contributed by atoms with van der Waals surface area (Å²) in [6.45, 7) is 1.90. The third-order valence-electron chi connectivity index (χ3n) is 4.47. The summed E-state index contributed by atoms with van der Waals surface area (Å²) in [5, 5.41) is 16.6. The molecule has 13 heteroatoms. The molecule has 0 fully saturated rings. The van der Waals surface area contributed by atoms with Crippen molar-refractivity contribution in [2.75, 3.05) is 12.3 Å². The second-order valence-corrected chi connectivity index (χ2v) is 7.41. The Morgan fingerprint density at radius 2 is 1.81 bits per heavy atom. The number of nitrogens with one attached hydrogen (secondary N) is 4. The molecule has 1 aromatic rings. The van der Waals surface area contributed by atoms with Crippen molar-refractivity contribution in [1.29, 1.82) is 0 Å². The summed E-state index contributed by atoms with van der Waals surface area (Å²) in [7, 11) is 0. The first-order valence-corrected chi connectivity index (χ1v) is 10.5. The molecule has 0 saturated heterocycles. The molecule has 1 aromatic heterocycles. The highest BCUT2D eigenvalue weighted by molar-refractivity contribution is 7.80. The van der Waals surface area contributed by atoms with Gasteiger partial charge in [-0.15, -0.1) is 0 Å². The second-order valence-electron chi connectivity index (χ2n) is 7.05. The number of unbranched alkanes of at least 4 members (excludes halogenated alkanes) is 1. The molecule has 0 aliphatic rings. The molecule has 31 heavy (non-hydrogen) atoms. The number of H-pyrrole nitrogens is 1. The van der Waals surface area contributed by atoms with E-state index in [2.05, 4.69) is 38.5 Å². The van der Waals surface area contributed by atoms with Gasteiger partial charge in [0, 0.05) is 24.1 Å². The van der Waals surface area contributed by atoms with Crippen LogP contribution in [0.2, 0.25) is 0 Å². The van der Waals surface area contributed by atoms with Crippen molar-refractivity contribution in [3.8, 4) is 0 Å². The predicted molar refractivity (Wildman–Crippen MR) is 116 cm³/mol. The lowest BCUT2D eigenvalue weighted by molar-refractivity contribution is -0.142. The lowest BCUT2D eigenvalue weighted by Crippen LogP contribution is -2.57. The van der Waals surface area contributed by atoms with Gasteiger partial charge in [0.05, 0.1) is 12.4 Å². The molecule has 0 aliphatic carbocycles. The van der Waals surface area contributed by atoms with Gasteiger partial charge in [0.2, 0.25) is 17.7 Å². The molecule has 3 amide bonds. The van der Waals surface area contributed by atoms with Crippen LogP contribution in [0.5, 0.6) is 0 Å². The summed E-state index contributed by atoms with van der Waals surface area (Å²) in [4.78, 5) is 55.0. The van der Waals surface area contributed by atoms with E-state index in [4.69, 9.17) is 11.5 Å². The normalized spacial score (nSPS) is 14.7. The van der Waals surface area contributed by atoms with Crippen LogP contribution in [0.1, 0.15) is 31.9 Å². The molecule has 12 nitrogen and oxygen atoms in total. The van der Waals surface area contributed by atoms with Crippen LogP contribution < -0.4 is 27.4 Å². The zero-order valence-electron chi connectivity index (χ0n) is 17.3. The molecule has 0 aromatic carbocycles. The third kappa shape index (κ3) is 9.36. The minimum absolute atomic E-state index is 0.000886. The largest absolute Gasteiger partial charge is 0.480 e. The van der Waals surface area contributed by atoms with Crippen LogP contribution in [0.3, 0.4) is 0 Å². The number of imidazole rings is 1. The monoisotopic (exact) mass is 457 g/mol. The number of aromatic amines is 1. The topological polar surface area (TPSA) is 205 Å². The summed E-state index contributed by atoms with van der Waals surface area (Å²) in [6.07, 6.45) is 4.70. The van der Waals surface area contributed by atoms with E-state index in [1.165, 1.54) is 19.4 Å². The maximum Gasteiger partial charge on any atom is 0.326 e. The zero-order valence-corrected chi connectivity index (χ0v) is 18.2. The van der Waals surface area contributed by atoms with Crippen LogP contribution in [0, 0.1) is 0 Å². The second kappa shape index (κ2) is 13.6. The van der Waals surface area contributed by atoms with Gasteiger partial charge in [0.15, 0.2) is 0 Å². The van der Waals surface area contributed by atoms with Crippen molar-refractivity contribution in [1.82, 2.24) is 25.9 Å². The van der Waals surface area contributed by atoms with E-state index in [1.807, 2.05) is 0 Å². The van der Waals surface area contributed by atoms with Gasteiger partial charge in [-0.1, -0.05) is 6.42 Å². The lowest BCUT2D eigenvalue weighted by atomic mass is 10.1. The summed E-state index contributed by atoms with van der Waals surface area (Å²) < 4.78 is 0. The first kappa shape index (κ1) is 26.4. The van der Waals surface area contributed by atoms with Gasteiger partial charge in [-0.3, -0.25) is 14.4 Å². The lowest BCUT2D eigenvalue weighted by Gasteiger charge is -2.22. The number of hydrogen-bond donors (Lipinski definition) is 8. The van der Waals surface area contributed by atoms with Crippen LogP contribution in [0.4, 0.5) is 0 Å². The van der Waals surface area contributed by atoms with E-state index in [-0.39, 0.29) is 12.2 Å². The summed E-state index contributed by atoms with van der Waals surface area (Å²) in [5.74, 6) is -3.08. The summed E-state index contributed by atoms with van der Waals surface area (Å²) in [6, 6.07) is -4.05. The number of amides is 3. The van der Waals surface area contributed by atoms with Crippen LogP contribution in [0.15, 0.2) is 12.5 Å². The van der Waals surface area contributed by atoms with Crippen molar-refractivity contribution in [3.05, 3.63) is 18.2 Å². The quantitative estimate of drug-likeness (QED) is 0.114. The van der Waals surface area contributed by atoms with Crippen LogP contribution >= 0.6 is 12.6 Å². The average Bonchev–Trinajstić information content (AvgIpc) is 3.24. The Morgan fingerprint density at radius 3 is 2.35 bits per heavy atom. The molecule has 9 N–H and O–H groups in total. The molecule has 0 bridgehead atoms. The van der Waals surface area contributed by atoms with Gasteiger partial charge < -0.3 is 37.5 Å². The van der Waals surface area contributed by atoms with Gasteiger partial charge in [-0.2, -0.15) is 12.6 Å². The van der Waals surface area contributed by atoms with Crippen molar-refractivity contribution in [3.63, 3.8) is 0 Å².